The van der Waals surface area contributed by atoms with E-state index in [1.54, 1.807) is 0 Å². The summed E-state index contributed by atoms with van der Waals surface area (Å²) in [4.78, 5) is 2.62. The standard InChI is InChI=1S/C16H23ClN2/c17-15-3-1-14(2-4-15)5-10-19-11-7-16(8-12-19)6-9-18-13-16/h1-4,18H,5-13H2. The molecule has 2 heterocycles. The van der Waals surface area contributed by atoms with Crippen LogP contribution in [0.1, 0.15) is 24.8 Å². The molecule has 1 spiro atoms. The molecule has 0 aliphatic carbocycles. The molecule has 1 aromatic rings. The monoisotopic (exact) mass is 278 g/mol. The van der Waals surface area contributed by atoms with Gasteiger partial charge in [-0.3, -0.25) is 0 Å². The molecule has 0 radical (unpaired) electrons. The Morgan fingerprint density at radius 3 is 2.47 bits per heavy atom. The molecule has 1 aromatic carbocycles. The summed E-state index contributed by atoms with van der Waals surface area (Å²) >= 11 is 5.91. The van der Waals surface area contributed by atoms with E-state index in [4.69, 9.17) is 11.6 Å². The van der Waals surface area contributed by atoms with Gasteiger partial charge in [-0.15, -0.1) is 0 Å². The minimum Gasteiger partial charge on any atom is -0.316 e. The Bertz CT molecular complexity index is 399. The number of piperidine rings is 1. The Labute approximate surface area is 121 Å². The number of nitrogens with zero attached hydrogens (tertiary/aromatic N) is 1. The molecule has 2 fully saturated rings. The molecule has 2 aliphatic rings. The lowest BCUT2D eigenvalue weighted by Crippen LogP contribution is -2.41. The Hall–Kier alpha value is -0.570. The first-order valence-electron chi connectivity index (χ1n) is 7.43. The van der Waals surface area contributed by atoms with Gasteiger partial charge in [-0.1, -0.05) is 23.7 Å². The van der Waals surface area contributed by atoms with Crippen LogP contribution in [0.4, 0.5) is 0 Å². The molecule has 2 nitrogen and oxygen atoms in total. The normalized spacial score (nSPS) is 23.0. The fourth-order valence-electron chi connectivity index (χ4n) is 3.41. The largest absolute Gasteiger partial charge is 0.316 e. The molecule has 2 saturated heterocycles. The van der Waals surface area contributed by atoms with Crippen molar-refractivity contribution in [3.8, 4) is 0 Å². The van der Waals surface area contributed by atoms with Crippen LogP contribution in [0.2, 0.25) is 5.02 Å². The van der Waals surface area contributed by atoms with E-state index in [-0.39, 0.29) is 0 Å². The number of halogens is 1. The zero-order valence-electron chi connectivity index (χ0n) is 11.5. The quantitative estimate of drug-likeness (QED) is 0.915. The Morgan fingerprint density at radius 1 is 1.11 bits per heavy atom. The molecule has 0 atom stereocenters. The van der Waals surface area contributed by atoms with Crippen molar-refractivity contribution in [2.45, 2.75) is 25.7 Å². The molecule has 19 heavy (non-hydrogen) atoms. The minimum atomic E-state index is 0.636. The highest BCUT2D eigenvalue weighted by Crippen LogP contribution is 2.36. The summed E-state index contributed by atoms with van der Waals surface area (Å²) in [5, 5.41) is 4.36. The first-order valence-corrected chi connectivity index (χ1v) is 7.81. The topological polar surface area (TPSA) is 15.3 Å². The van der Waals surface area contributed by atoms with Gasteiger partial charge < -0.3 is 10.2 Å². The SMILES string of the molecule is Clc1ccc(CCN2CCC3(CCNC3)CC2)cc1. The molecule has 0 amide bonds. The van der Waals surface area contributed by atoms with Crippen LogP contribution in [0, 0.1) is 5.41 Å². The number of benzene rings is 1. The van der Waals surface area contributed by atoms with E-state index in [9.17, 15) is 0 Å². The molecule has 0 aromatic heterocycles. The average molecular weight is 279 g/mol. The molecular formula is C16H23ClN2. The summed E-state index contributed by atoms with van der Waals surface area (Å²) in [6.45, 7) is 6.21. The lowest BCUT2D eigenvalue weighted by molar-refractivity contribution is 0.120. The van der Waals surface area contributed by atoms with Crippen LogP contribution in [-0.2, 0) is 6.42 Å². The van der Waals surface area contributed by atoms with Gasteiger partial charge in [0.25, 0.3) is 0 Å². The van der Waals surface area contributed by atoms with Crippen molar-refractivity contribution in [1.29, 1.82) is 0 Å². The maximum absolute atomic E-state index is 5.91. The fraction of sp³-hybridized carbons (Fsp3) is 0.625. The highest BCUT2D eigenvalue weighted by atomic mass is 35.5. The second kappa shape index (κ2) is 5.82. The molecule has 2 aliphatic heterocycles. The summed E-state index contributed by atoms with van der Waals surface area (Å²) in [5.41, 5.74) is 2.03. The van der Waals surface area contributed by atoms with Gasteiger partial charge in [-0.2, -0.15) is 0 Å². The summed E-state index contributed by atoms with van der Waals surface area (Å²) in [7, 11) is 0. The zero-order valence-corrected chi connectivity index (χ0v) is 12.3. The molecule has 0 saturated carbocycles. The average Bonchev–Trinajstić information content (AvgIpc) is 2.89. The molecule has 0 bridgehead atoms. The summed E-state index contributed by atoms with van der Waals surface area (Å²) in [6, 6.07) is 8.28. The van der Waals surface area contributed by atoms with Crippen molar-refractivity contribution in [1.82, 2.24) is 10.2 Å². The van der Waals surface area contributed by atoms with Crippen LogP contribution in [-0.4, -0.2) is 37.6 Å². The van der Waals surface area contributed by atoms with Crippen molar-refractivity contribution in [2.24, 2.45) is 5.41 Å². The van der Waals surface area contributed by atoms with Crippen molar-refractivity contribution in [3.63, 3.8) is 0 Å². The first kappa shape index (κ1) is 13.4. The maximum atomic E-state index is 5.91. The van der Waals surface area contributed by atoms with Crippen molar-refractivity contribution < 1.29 is 0 Å². The second-order valence-corrected chi connectivity index (χ2v) is 6.58. The first-order chi connectivity index (χ1) is 9.26. The van der Waals surface area contributed by atoms with E-state index in [0.717, 1.165) is 11.4 Å². The third-order valence-electron chi connectivity index (χ3n) is 4.88. The van der Waals surface area contributed by atoms with E-state index >= 15 is 0 Å². The predicted octanol–water partition coefficient (Wildman–Crippen LogP) is 2.96. The van der Waals surface area contributed by atoms with Crippen molar-refractivity contribution in [3.05, 3.63) is 34.9 Å². The lowest BCUT2D eigenvalue weighted by atomic mass is 9.78. The van der Waals surface area contributed by atoms with Gasteiger partial charge in [-0.25, -0.2) is 0 Å². The number of rotatable bonds is 3. The van der Waals surface area contributed by atoms with Crippen molar-refractivity contribution >= 4 is 11.6 Å². The van der Waals surface area contributed by atoms with Gasteiger partial charge in [0.1, 0.15) is 0 Å². The smallest absolute Gasteiger partial charge is 0.0406 e. The number of hydrogen-bond donors (Lipinski definition) is 1. The highest BCUT2D eigenvalue weighted by molar-refractivity contribution is 6.30. The van der Waals surface area contributed by atoms with E-state index in [2.05, 4.69) is 22.3 Å². The maximum Gasteiger partial charge on any atom is 0.0406 e. The minimum absolute atomic E-state index is 0.636. The van der Waals surface area contributed by atoms with Crippen LogP contribution < -0.4 is 5.32 Å². The van der Waals surface area contributed by atoms with Gasteiger partial charge >= 0.3 is 0 Å². The third-order valence-corrected chi connectivity index (χ3v) is 5.13. The molecular weight excluding hydrogens is 256 g/mol. The summed E-state index contributed by atoms with van der Waals surface area (Å²) in [5.74, 6) is 0. The summed E-state index contributed by atoms with van der Waals surface area (Å²) in [6.07, 6.45) is 5.28. The van der Waals surface area contributed by atoms with Gasteiger partial charge in [-0.05, 0) is 68.4 Å². The van der Waals surface area contributed by atoms with E-state index in [1.807, 2.05) is 12.1 Å². The molecule has 3 rings (SSSR count). The lowest BCUT2D eigenvalue weighted by Gasteiger charge is -2.38. The van der Waals surface area contributed by atoms with Gasteiger partial charge in [0.15, 0.2) is 0 Å². The van der Waals surface area contributed by atoms with Gasteiger partial charge in [0.2, 0.25) is 0 Å². The van der Waals surface area contributed by atoms with Crippen molar-refractivity contribution in [2.75, 3.05) is 32.7 Å². The van der Waals surface area contributed by atoms with Gasteiger partial charge in [0.05, 0.1) is 0 Å². The van der Waals surface area contributed by atoms with E-state index in [0.29, 0.717) is 5.41 Å². The second-order valence-electron chi connectivity index (χ2n) is 6.14. The predicted molar refractivity (Wildman–Crippen MR) is 80.7 cm³/mol. The third kappa shape index (κ3) is 3.31. The molecule has 0 unspecified atom stereocenters. The highest BCUT2D eigenvalue weighted by Gasteiger charge is 2.36. The Kier molecular flexibility index (Phi) is 4.11. The van der Waals surface area contributed by atoms with Crippen LogP contribution in [0.25, 0.3) is 0 Å². The number of hydrogen-bond acceptors (Lipinski definition) is 2. The molecule has 104 valence electrons. The van der Waals surface area contributed by atoms with Crippen LogP contribution in [0.15, 0.2) is 24.3 Å². The van der Waals surface area contributed by atoms with Crippen LogP contribution in [0.5, 0.6) is 0 Å². The Morgan fingerprint density at radius 2 is 1.84 bits per heavy atom. The van der Waals surface area contributed by atoms with Gasteiger partial charge in [0, 0.05) is 18.1 Å². The number of nitrogens with one attached hydrogen (secondary N) is 1. The van der Waals surface area contributed by atoms with Crippen LogP contribution >= 0.6 is 11.6 Å². The zero-order chi connectivity index (χ0) is 13.1. The van der Waals surface area contributed by atoms with E-state index < -0.39 is 0 Å². The summed E-state index contributed by atoms with van der Waals surface area (Å²) < 4.78 is 0. The molecule has 3 heteroatoms. The fourth-order valence-corrected chi connectivity index (χ4v) is 3.54. The number of likely N-dealkylation sites (tertiary alicyclic amines) is 1. The Balaban J connectivity index is 1.46. The molecule has 1 N–H and O–H groups in total. The van der Waals surface area contributed by atoms with Crippen LogP contribution in [0.3, 0.4) is 0 Å². The van der Waals surface area contributed by atoms with E-state index in [1.165, 1.54) is 57.5 Å².